The predicted molar refractivity (Wildman–Crippen MR) is 117 cm³/mol. The molecule has 5 heterocycles. The standard InChI is InChI=1S/C21H27N5O3S/c1-28-18-16-17(15(11-23-18)14-3-9-29-10-4-14)30-19(24-16)25-20(27)26-8-6-21(13-26)5-2-7-22-12-21/h3,11,22H,2,4-10,12-13H2,1H3,(H,24,25,27)/t21-/m1/s1. The van der Waals surface area contributed by atoms with Crippen LogP contribution in [0, 0.1) is 5.41 Å². The first-order valence-electron chi connectivity index (χ1n) is 10.5. The molecule has 160 valence electrons. The van der Waals surface area contributed by atoms with Gasteiger partial charge in [-0.3, -0.25) is 5.32 Å². The fourth-order valence-electron chi connectivity index (χ4n) is 4.75. The molecule has 2 aromatic heterocycles. The molecule has 2 fully saturated rings. The van der Waals surface area contributed by atoms with Crippen LogP contribution >= 0.6 is 11.3 Å². The quantitative estimate of drug-likeness (QED) is 0.779. The third-order valence-electron chi connectivity index (χ3n) is 6.39. The number of hydrogen-bond acceptors (Lipinski definition) is 7. The van der Waals surface area contributed by atoms with Crippen LogP contribution in [0.3, 0.4) is 0 Å². The van der Waals surface area contributed by atoms with Gasteiger partial charge in [-0.2, -0.15) is 0 Å². The van der Waals surface area contributed by atoms with Crippen LogP contribution in [-0.2, 0) is 4.74 Å². The summed E-state index contributed by atoms with van der Waals surface area (Å²) < 4.78 is 11.8. The number of fused-ring (bicyclic) bond motifs is 1. The second-order valence-corrected chi connectivity index (χ2v) is 9.31. The second-order valence-electron chi connectivity index (χ2n) is 8.31. The summed E-state index contributed by atoms with van der Waals surface area (Å²) in [4.78, 5) is 24.0. The molecule has 9 heteroatoms. The zero-order chi connectivity index (χ0) is 20.6. The number of amides is 2. The Kier molecular flexibility index (Phi) is 5.34. The maximum Gasteiger partial charge on any atom is 0.323 e. The molecule has 1 atom stereocenters. The van der Waals surface area contributed by atoms with E-state index in [1.165, 1.54) is 29.8 Å². The van der Waals surface area contributed by atoms with E-state index in [4.69, 9.17) is 9.47 Å². The summed E-state index contributed by atoms with van der Waals surface area (Å²) in [5.41, 5.74) is 3.17. The van der Waals surface area contributed by atoms with Crippen LogP contribution in [0.15, 0.2) is 12.3 Å². The summed E-state index contributed by atoms with van der Waals surface area (Å²) in [5.74, 6) is 0.478. The lowest BCUT2D eigenvalue weighted by Gasteiger charge is -2.33. The molecule has 2 saturated heterocycles. The number of piperidine rings is 1. The van der Waals surface area contributed by atoms with Gasteiger partial charge in [-0.25, -0.2) is 14.8 Å². The third-order valence-corrected chi connectivity index (χ3v) is 7.39. The molecule has 1 spiro atoms. The number of likely N-dealkylation sites (tertiary alicyclic amines) is 1. The number of carbonyl (C=O) groups excluding carboxylic acids is 1. The summed E-state index contributed by atoms with van der Waals surface area (Å²) in [6.07, 6.45) is 8.20. The number of methoxy groups -OCH3 is 1. The molecule has 8 nitrogen and oxygen atoms in total. The maximum atomic E-state index is 12.9. The largest absolute Gasteiger partial charge is 0.479 e. The number of ether oxygens (including phenoxy) is 2. The van der Waals surface area contributed by atoms with E-state index in [0.717, 1.165) is 49.3 Å². The molecule has 3 aliphatic heterocycles. The molecule has 0 unspecified atom stereocenters. The molecule has 0 saturated carbocycles. The van der Waals surface area contributed by atoms with Crippen LogP contribution < -0.4 is 15.4 Å². The van der Waals surface area contributed by atoms with Gasteiger partial charge in [0.15, 0.2) is 5.13 Å². The Morgan fingerprint density at radius 3 is 3.13 bits per heavy atom. The van der Waals surface area contributed by atoms with Crippen molar-refractivity contribution in [2.45, 2.75) is 25.7 Å². The minimum atomic E-state index is -0.0738. The fourth-order valence-corrected chi connectivity index (χ4v) is 5.74. The van der Waals surface area contributed by atoms with E-state index in [9.17, 15) is 4.79 Å². The van der Waals surface area contributed by atoms with Crippen molar-refractivity contribution < 1.29 is 14.3 Å². The number of rotatable bonds is 3. The maximum absolute atomic E-state index is 12.9. The van der Waals surface area contributed by atoms with Gasteiger partial charge in [0.2, 0.25) is 5.88 Å². The lowest BCUT2D eigenvalue weighted by molar-refractivity contribution is 0.161. The van der Waals surface area contributed by atoms with Crippen LogP contribution in [0.2, 0.25) is 0 Å². The summed E-state index contributed by atoms with van der Waals surface area (Å²) in [6.45, 7) is 4.99. The van der Waals surface area contributed by atoms with E-state index in [1.807, 2.05) is 11.1 Å². The minimum Gasteiger partial charge on any atom is -0.479 e. The number of pyridine rings is 1. The smallest absolute Gasteiger partial charge is 0.323 e. The van der Waals surface area contributed by atoms with E-state index < -0.39 is 0 Å². The SMILES string of the molecule is COc1ncc(C2=CCOCC2)c2sc(NC(=O)N3CC[C@@]4(CCCNC4)C3)nc12. The zero-order valence-corrected chi connectivity index (χ0v) is 18.0. The molecular weight excluding hydrogens is 402 g/mol. The van der Waals surface area contributed by atoms with Crippen LogP contribution in [0.25, 0.3) is 15.8 Å². The fraction of sp³-hybridized carbons (Fsp3) is 0.571. The van der Waals surface area contributed by atoms with E-state index >= 15 is 0 Å². The van der Waals surface area contributed by atoms with Gasteiger partial charge >= 0.3 is 6.03 Å². The number of anilines is 1. The van der Waals surface area contributed by atoms with Crippen molar-refractivity contribution in [2.75, 3.05) is 51.8 Å². The Bertz CT molecular complexity index is 982. The molecule has 0 bridgehead atoms. The Morgan fingerprint density at radius 1 is 1.43 bits per heavy atom. The number of thiazole rings is 1. The van der Waals surface area contributed by atoms with Crippen molar-refractivity contribution in [3.63, 3.8) is 0 Å². The van der Waals surface area contributed by atoms with Crippen LogP contribution in [0.1, 0.15) is 31.2 Å². The van der Waals surface area contributed by atoms with Crippen molar-refractivity contribution in [3.05, 3.63) is 17.8 Å². The van der Waals surface area contributed by atoms with Crippen molar-refractivity contribution in [2.24, 2.45) is 5.41 Å². The lowest BCUT2D eigenvalue weighted by atomic mass is 9.80. The molecule has 2 N–H and O–H groups in total. The molecule has 0 aliphatic carbocycles. The second kappa shape index (κ2) is 8.13. The van der Waals surface area contributed by atoms with Gasteiger partial charge in [0.05, 0.1) is 25.0 Å². The molecule has 2 aromatic rings. The highest BCUT2D eigenvalue weighted by atomic mass is 32.1. The van der Waals surface area contributed by atoms with Crippen LogP contribution in [-0.4, -0.2) is 67.4 Å². The van der Waals surface area contributed by atoms with Gasteiger partial charge in [-0.05, 0) is 37.8 Å². The van der Waals surface area contributed by atoms with E-state index in [2.05, 4.69) is 26.7 Å². The van der Waals surface area contributed by atoms with E-state index in [-0.39, 0.29) is 11.4 Å². The summed E-state index contributed by atoms with van der Waals surface area (Å²) in [6, 6.07) is -0.0738. The third kappa shape index (κ3) is 3.66. The average molecular weight is 430 g/mol. The molecule has 0 radical (unpaired) electrons. The number of aromatic nitrogens is 2. The Balaban J connectivity index is 1.38. The highest BCUT2D eigenvalue weighted by Crippen LogP contribution is 2.39. The Hall–Kier alpha value is -2.23. The number of nitrogens with one attached hydrogen (secondary N) is 2. The predicted octanol–water partition coefficient (Wildman–Crippen LogP) is 3.11. The molecule has 3 aliphatic rings. The van der Waals surface area contributed by atoms with Gasteiger partial charge < -0.3 is 19.7 Å². The van der Waals surface area contributed by atoms with Crippen LogP contribution in [0.5, 0.6) is 5.88 Å². The number of nitrogens with zero attached hydrogens (tertiary/aromatic N) is 3. The van der Waals surface area contributed by atoms with Gasteiger partial charge in [-0.15, -0.1) is 0 Å². The first kappa shape index (κ1) is 19.7. The number of hydrogen-bond donors (Lipinski definition) is 2. The highest BCUT2D eigenvalue weighted by molar-refractivity contribution is 7.22. The first-order valence-corrected chi connectivity index (χ1v) is 11.4. The lowest BCUT2D eigenvalue weighted by Crippen LogP contribution is -2.43. The van der Waals surface area contributed by atoms with Crippen molar-refractivity contribution in [1.29, 1.82) is 0 Å². The van der Waals surface area contributed by atoms with E-state index in [0.29, 0.717) is 29.7 Å². The topological polar surface area (TPSA) is 88.6 Å². The average Bonchev–Trinajstić information content (AvgIpc) is 3.38. The number of carbonyl (C=O) groups is 1. The first-order chi connectivity index (χ1) is 14.7. The van der Waals surface area contributed by atoms with Gasteiger partial charge in [0, 0.05) is 36.8 Å². The van der Waals surface area contributed by atoms with Crippen LogP contribution in [0.4, 0.5) is 9.93 Å². The highest BCUT2D eigenvalue weighted by Gasteiger charge is 2.40. The monoisotopic (exact) mass is 429 g/mol. The van der Waals surface area contributed by atoms with Gasteiger partial charge in [0.1, 0.15) is 5.52 Å². The Labute approximate surface area is 179 Å². The summed E-state index contributed by atoms with van der Waals surface area (Å²) in [5, 5.41) is 7.10. The van der Waals surface area contributed by atoms with Crippen molar-refractivity contribution >= 4 is 38.3 Å². The molecule has 30 heavy (non-hydrogen) atoms. The van der Waals surface area contributed by atoms with Crippen molar-refractivity contribution in [1.82, 2.24) is 20.2 Å². The summed E-state index contributed by atoms with van der Waals surface area (Å²) >= 11 is 1.48. The summed E-state index contributed by atoms with van der Waals surface area (Å²) in [7, 11) is 1.59. The van der Waals surface area contributed by atoms with Gasteiger partial charge in [0.25, 0.3) is 0 Å². The Morgan fingerprint density at radius 2 is 2.37 bits per heavy atom. The normalized spacial score (nSPS) is 24.3. The van der Waals surface area contributed by atoms with Gasteiger partial charge in [-0.1, -0.05) is 17.4 Å². The zero-order valence-electron chi connectivity index (χ0n) is 17.2. The molecule has 5 rings (SSSR count). The van der Waals surface area contributed by atoms with Crippen molar-refractivity contribution in [3.8, 4) is 5.88 Å². The minimum absolute atomic E-state index is 0.0738. The van der Waals surface area contributed by atoms with E-state index in [1.54, 1.807) is 7.11 Å². The molecule has 2 amide bonds. The number of urea groups is 1. The molecular formula is C21H27N5O3S. The molecule has 0 aromatic carbocycles.